The van der Waals surface area contributed by atoms with Gasteiger partial charge in [-0.3, -0.25) is 9.48 Å². The number of pyridine rings is 1. The Morgan fingerprint density at radius 2 is 2.09 bits per heavy atom. The Hall–Kier alpha value is -1.99. The van der Waals surface area contributed by atoms with Crippen molar-refractivity contribution in [1.29, 1.82) is 0 Å². The van der Waals surface area contributed by atoms with E-state index in [0.717, 1.165) is 29.0 Å². The summed E-state index contributed by atoms with van der Waals surface area (Å²) in [6.07, 6.45) is 0. The number of aryl methyl sites for hydroxylation is 3. The number of methoxy groups -OCH3 is 1. The molecule has 120 valence electrons. The highest BCUT2D eigenvalue weighted by Gasteiger charge is 2.17. The molecule has 2 aromatic heterocycles. The SMILES string of the molecule is COCCNCCNC(=O)c1cc(C)nc2c1c(C)nn2C. The maximum absolute atomic E-state index is 12.4. The first-order chi connectivity index (χ1) is 10.5. The summed E-state index contributed by atoms with van der Waals surface area (Å²) in [6, 6.07) is 1.81. The first kappa shape index (κ1) is 16.4. The van der Waals surface area contributed by atoms with E-state index in [2.05, 4.69) is 20.7 Å². The highest BCUT2D eigenvalue weighted by atomic mass is 16.5. The fraction of sp³-hybridized carbons (Fsp3) is 0.533. The van der Waals surface area contributed by atoms with Crippen molar-refractivity contribution in [2.45, 2.75) is 13.8 Å². The first-order valence-corrected chi connectivity index (χ1v) is 7.33. The van der Waals surface area contributed by atoms with E-state index < -0.39 is 0 Å². The van der Waals surface area contributed by atoms with Crippen molar-refractivity contribution in [2.24, 2.45) is 7.05 Å². The quantitative estimate of drug-likeness (QED) is 0.730. The summed E-state index contributed by atoms with van der Waals surface area (Å²) >= 11 is 0. The Balaban J connectivity index is 2.08. The zero-order valence-corrected chi connectivity index (χ0v) is 13.6. The van der Waals surface area contributed by atoms with E-state index in [9.17, 15) is 4.79 Å². The first-order valence-electron chi connectivity index (χ1n) is 7.33. The van der Waals surface area contributed by atoms with Gasteiger partial charge in [-0.1, -0.05) is 0 Å². The molecule has 0 aromatic carbocycles. The van der Waals surface area contributed by atoms with Crippen LogP contribution in [0.1, 0.15) is 21.7 Å². The largest absolute Gasteiger partial charge is 0.383 e. The summed E-state index contributed by atoms with van der Waals surface area (Å²) < 4.78 is 6.66. The molecule has 0 atom stereocenters. The fourth-order valence-corrected chi connectivity index (χ4v) is 2.41. The summed E-state index contributed by atoms with van der Waals surface area (Å²) in [6.45, 7) is 6.46. The average Bonchev–Trinajstić information content (AvgIpc) is 2.76. The van der Waals surface area contributed by atoms with Gasteiger partial charge in [0.1, 0.15) is 0 Å². The van der Waals surface area contributed by atoms with E-state index in [1.54, 1.807) is 11.8 Å². The molecule has 7 nitrogen and oxygen atoms in total. The minimum absolute atomic E-state index is 0.0971. The number of nitrogens with one attached hydrogen (secondary N) is 2. The molecule has 22 heavy (non-hydrogen) atoms. The van der Waals surface area contributed by atoms with Crippen LogP contribution in [0.2, 0.25) is 0 Å². The van der Waals surface area contributed by atoms with Gasteiger partial charge in [-0.25, -0.2) is 4.98 Å². The van der Waals surface area contributed by atoms with Crippen LogP contribution in [-0.4, -0.2) is 54.0 Å². The number of hydrogen-bond acceptors (Lipinski definition) is 5. The molecular weight excluding hydrogens is 282 g/mol. The number of carbonyl (C=O) groups excluding carboxylic acids is 1. The molecule has 0 aliphatic carbocycles. The van der Waals surface area contributed by atoms with Crippen molar-refractivity contribution in [3.8, 4) is 0 Å². The molecule has 0 spiro atoms. The smallest absolute Gasteiger partial charge is 0.252 e. The molecule has 0 aliphatic heterocycles. The van der Waals surface area contributed by atoms with E-state index in [1.165, 1.54) is 0 Å². The van der Waals surface area contributed by atoms with E-state index in [0.29, 0.717) is 25.3 Å². The Labute approximate surface area is 130 Å². The summed E-state index contributed by atoms with van der Waals surface area (Å²) in [7, 11) is 3.50. The van der Waals surface area contributed by atoms with Crippen molar-refractivity contribution in [3.05, 3.63) is 23.0 Å². The third-order valence-electron chi connectivity index (χ3n) is 3.41. The maximum atomic E-state index is 12.4. The average molecular weight is 305 g/mol. The molecule has 1 amide bonds. The molecule has 7 heteroatoms. The monoisotopic (exact) mass is 305 g/mol. The molecule has 0 saturated carbocycles. The molecular formula is C15H23N5O2. The van der Waals surface area contributed by atoms with Crippen molar-refractivity contribution in [1.82, 2.24) is 25.4 Å². The Morgan fingerprint density at radius 3 is 2.82 bits per heavy atom. The minimum atomic E-state index is -0.0971. The molecule has 2 N–H and O–H groups in total. The number of aromatic nitrogens is 3. The molecule has 0 fully saturated rings. The zero-order valence-electron chi connectivity index (χ0n) is 13.6. The molecule has 0 bridgehead atoms. The highest BCUT2D eigenvalue weighted by molar-refractivity contribution is 6.06. The second kappa shape index (κ2) is 7.33. The normalized spacial score (nSPS) is 11.1. The maximum Gasteiger partial charge on any atom is 0.252 e. The van der Waals surface area contributed by atoms with Crippen LogP contribution in [-0.2, 0) is 11.8 Å². The van der Waals surface area contributed by atoms with Crippen molar-refractivity contribution < 1.29 is 9.53 Å². The van der Waals surface area contributed by atoms with E-state index in [1.807, 2.05) is 27.0 Å². The second-order valence-electron chi connectivity index (χ2n) is 5.22. The number of rotatable bonds is 7. The molecule has 2 aromatic rings. The van der Waals surface area contributed by atoms with Crippen molar-refractivity contribution in [3.63, 3.8) is 0 Å². The molecule has 2 heterocycles. The molecule has 2 rings (SSSR count). The standard InChI is InChI=1S/C15H23N5O2/c1-10-9-12(13-11(2)19-20(3)14(13)18-10)15(21)17-6-5-16-7-8-22-4/h9,16H,5-8H2,1-4H3,(H,17,21). The summed E-state index contributed by atoms with van der Waals surface area (Å²) in [4.78, 5) is 16.9. The highest BCUT2D eigenvalue weighted by Crippen LogP contribution is 2.21. The number of carbonyl (C=O) groups is 1. The number of nitrogens with zero attached hydrogens (tertiary/aromatic N) is 3. The van der Waals surface area contributed by atoms with Crippen LogP contribution in [0.5, 0.6) is 0 Å². The summed E-state index contributed by atoms with van der Waals surface area (Å²) in [5, 5.41) is 11.3. The van der Waals surface area contributed by atoms with Gasteiger partial charge in [-0.15, -0.1) is 0 Å². The van der Waals surface area contributed by atoms with Gasteiger partial charge in [-0.05, 0) is 19.9 Å². The van der Waals surface area contributed by atoms with E-state index in [-0.39, 0.29) is 5.91 Å². The topological polar surface area (TPSA) is 81.1 Å². The van der Waals surface area contributed by atoms with Gasteiger partial charge in [0.25, 0.3) is 5.91 Å². The molecule has 0 unspecified atom stereocenters. The number of ether oxygens (including phenoxy) is 1. The predicted molar refractivity (Wildman–Crippen MR) is 85.1 cm³/mol. The lowest BCUT2D eigenvalue weighted by molar-refractivity contribution is 0.0955. The van der Waals surface area contributed by atoms with Crippen LogP contribution in [0.4, 0.5) is 0 Å². The Kier molecular flexibility index (Phi) is 5.46. The number of fused-ring (bicyclic) bond motifs is 1. The van der Waals surface area contributed by atoms with Crippen LogP contribution in [0.25, 0.3) is 11.0 Å². The van der Waals surface area contributed by atoms with Gasteiger partial charge >= 0.3 is 0 Å². The minimum Gasteiger partial charge on any atom is -0.383 e. The summed E-state index contributed by atoms with van der Waals surface area (Å²) in [5.74, 6) is -0.0971. The van der Waals surface area contributed by atoms with Crippen LogP contribution < -0.4 is 10.6 Å². The van der Waals surface area contributed by atoms with Crippen LogP contribution >= 0.6 is 0 Å². The second-order valence-corrected chi connectivity index (χ2v) is 5.22. The molecule has 0 saturated heterocycles. The van der Waals surface area contributed by atoms with Gasteiger partial charge in [-0.2, -0.15) is 5.10 Å². The van der Waals surface area contributed by atoms with E-state index in [4.69, 9.17) is 4.74 Å². The Morgan fingerprint density at radius 1 is 1.32 bits per heavy atom. The number of hydrogen-bond donors (Lipinski definition) is 2. The lowest BCUT2D eigenvalue weighted by Gasteiger charge is -2.08. The fourth-order valence-electron chi connectivity index (χ4n) is 2.41. The van der Waals surface area contributed by atoms with Gasteiger partial charge in [0.05, 0.1) is 23.3 Å². The lowest BCUT2D eigenvalue weighted by Crippen LogP contribution is -2.33. The van der Waals surface area contributed by atoms with Gasteiger partial charge in [0.2, 0.25) is 0 Å². The lowest BCUT2D eigenvalue weighted by atomic mass is 10.1. The van der Waals surface area contributed by atoms with Crippen LogP contribution in [0.3, 0.4) is 0 Å². The van der Waals surface area contributed by atoms with Crippen molar-refractivity contribution in [2.75, 3.05) is 33.4 Å². The van der Waals surface area contributed by atoms with Gasteiger partial charge in [0, 0.05) is 39.5 Å². The van der Waals surface area contributed by atoms with Gasteiger partial charge < -0.3 is 15.4 Å². The van der Waals surface area contributed by atoms with Crippen LogP contribution in [0.15, 0.2) is 6.07 Å². The Bertz CT molecular complexity index is 665. The van der Waals surface area contributed by atoms with Crippen LogP contribution in [0, 0.1) is 13.8 Å². The molecule has 0 aliphatic rings. The van der Waals surface area contributed by atoms with Crippen molar-refractivity contribution >= 4 is 16.9 Å². The zero-order chi connectivity index (χ0) is 16.1. The molecule has 0 radical (unpaired) electrons. The third kappa shape index (κ3) is 3.61. The van der Waals surface area contributed by atoms with E-state index >= 15 is 0 Å². The van der Waals surface area contributed by atoms with Gasteiger partial charge in [0.15, 0.2) is 5.65 Å². The number of amides is 1. The third-order valence-corrected chi connectivity index (χ3v) is 3.41. The summed E-state index contributed by atoms with van der Waals surface area (Å²) in [5.41, 5.74) is 2.98. The predicted octanol–water partition coefficient (Wildman–Crippen LogP) is 0.551.